The topological polar surface area (TPSA) is 56.7 Å². The van der Waals surface area contributed by atoms with Gasteiger partial charge in [-0.3, -0.25) is 0 Å². The molecule has 0 atom stereocenters. The third kappa shape index (κ3) is 5.13. The molecule has 0 aliphatic heterocycles. The summed E-state index contributed by atoms with van der Waals surface area (Å²) < 4.78 is 8.96. The number of fused-ring (bicyclic) bond motifs is 9. The van der Waals surface area contributed by atoms with Crippen LogP contribution in [0.25, 0.3) is 106 Å². The van der Waals surface area contributed by atoms with Gasteiger partial charge in [0.05, 0.1) is 11.0 Å². The van der Waals surface area contributed by atoms with Crippen LogP contribution in [0.4, 0.5) is 0 Å². The summed E-state index contributed by atoms with van der Waals surface area (Å²) in [6, 6.07) is 64.1. The first-order valence-electron chi connectivity index (χ1n) is 19.3. The van der Waals surface area contributed by atoms with E-state index in [-0.39, 0.29) is 0 Å². The lowest BCUT2D eigenvalue weighted by Gasteiger charge is -2.09. The Hall–Kier alpha value is -7.63. The van der Waals surface area contributed by atoms with Crippen molar-refractivity contribution in [2.75, 3.05) is 0 Å². The first-order chi connectivity index (χ1) is 28.2. The average Bonchev–Trinajstić information content (AvgIpc) is 3.95. The summed E-state index contributed by atoms with van der Waals surface area (Å²) in [6.07, 6.45) is 0.840. The number of hydrogen-bond donors (Lipinski definition) is 0. The second kappa shape index (κ2) is 12.4. The number of rotatable bonds is 5. The minimum Gasteiger partial charge on any atom is -0.456 e. The highest BCUT2D eigenvalue weighted by Crippen LogP contribution is 2.42. The molecule has 0 spiro atoms. The van der Waals surface area contributed by atoms with E-state index in [0.29, 0.717) is 17.5 Å². The van der Waals surface area contributed by atoms with E-state index in [2.05, 4.69) is 126 Å². The van der Waals surface area contributed by atoms with Crippen LogP contribution in [0.3, 0.4) is 0 Å². The molecule has 3 heterocycles. The van der Waals surface area contributed by atoms with Crippen LogP contribution >= 0.6 is 0 Å². The van der Waals surface area contributed by atoms with Gasteiger partial charge < -0.3 is 8.98 Å². The summed E-state index contributed by atoms with van der Waals surface area (Å²) in [4.78, 5) is 14.8. The van der Waals surface area contributed by atoms with Gasteiger partial charge in [-0.15, -0.1) is 0 Å². The van der Waals surface area contributed by atoms with Crippen LogP contribution in [0.15, 0.2) is 186 Å². The summed E-state index contributed by atoms with van der Waals surface area (Å²) >= 11 is 0. The third-order valence-corrected chi connectivity index (χ3v) is 11.5. The zero-order valence-corrected chi connectivity index (χ0v) is 30.7. The fourth-order valence-electron chi connectivity index (χ4n) is 8.75. The number of aromatic nitrogens is 4. The lowest BCUT2D eigenvalue weighted by molar-refractivity contribution is 0.669. The van der Waals surface area contributed by atoms with Crippen LogP contribution in [-0.4, -0.2) is 19.5 Å². The van der Waals surface area contributed by atoms with Gasteiger partial charge in [-0.25, -0.2) is 15.0 Å². The smallest absolute Gasteiger partial charge is 0.164 e. The summed E-state index contributed by atoms with van der Waals surface area (Å²) in [6.45, 7) is 0. The average molecular weight is 729 g/mol. The molecule has 8 aromatic carbocycles. The molecule has 0 unspecified atom stereocenters. The summed E-state index contributed by atoms with van der Waals surface area (Å²) in [5, 5.41) is 4.73. The fraction of sp³-hybridized carbons (Fsp3) is 0.0192. The number of hydrogen-bond acceptors (Lipinski definition) is 4. The zero-order valence-electron chi connectivity index (χ0n) is 30.7. The van der Waals surface area contributed by atoms with Crippen molar-refractivity contribution < 1.29 is 4.42 Å². The highest BCUT2D eigenvalue weighted by molar-refractivity contribution is 6.10. The van der Waals surface area contributed by atoms with Crippen molar-refractivity contribution in [3.05, 3.63) is 193 Å². The molecule has 0 radical (unpaired) electrons. The van der Waals surface area contributed by atoms with E-state index >= 15 is 0 Å². The molecule has 1 aliphatic rings. The Morgan fingerprint density at radius 3 is 1.47 bits per heavy atom. The van der Waals surface area contributed by atoms with Gasteiger partial charge in [0.15, 0.2) is 17.5 Å². The molecule has 11 aromatic rings. The van der Waals surface area contributed by atoms with Gasteiger partial charge in [-0.1, -0.05) is 133 Å². The fourth-order valence-corrected chi connectivity index (χ4v) is 8.75. The Balaban J connectivity index is 0.879. The highest BCUT2D eigenvalue weighted by Gasteiger charge is 2.22. The second-order valence-corrected chi connectivity index (χ2v) is 14.8. The van der Waals surface area contributed by atoms with Crippen molar-refractivity contribution in [2.45, 2.75) is 6.42 Å². The number of nitrogens with zero attached hydrogens (tertiary/aromatic N) is 4. The molecule has 0 saturated carbocycles. The minimum atomic E-state index is 0.665. The van der Waals surface area contributed by atoms with Crippen molar-refractivity contribution in [1.29, 1.82) is 0 Å². The van der Waals surface area contributed by atoms with E-state index in [1.807, 2.05) is 60.7 Å². The number of para-hydroxylation sites is 2. The predicted octanol–water partition coefficient (Wildman–Crippen LogP) is 13.1. The zero-order chi connectivity index (χ0) is 37.5. The highest BCUT2D eigenvalue weighted by atomic mass is 16.3. The molecule has 12 rings (SSSR count). The monoisotopic (exact) mass is 728 g/mol. The molecule has 0 N–H and O–H groups in total. The van der Waals surface area contributed by atoms with Crippen LogP contribution in [0.1, 0.15) is 11.1 Å². The van der Waals surface area contributed by atoms with E-state index in [1.54, 1.807) is 0 Å². The number of furan rings is 1. The van der Waals surface area contributed by atoms with E-state index in [0.717, 1.165) is 56.3 Å². The maximum atomic E-state index is 6.62. The molecular weight excluding hydrogens is 697 g/mol. The maximum absolute atomic E-state index is 6.62. The molecule has 0 bridgehead atoms. The van der Waals surface area contributed by atoms with E-state index in [9.17, 15) is 0 Å². The Labute approximate surface area is 328 Å². The third-order valence-electron chi connectivity index (χ3n) is 11.5. The van der Waals surface area contributed by atoms with Crippen LogP contribution in [0, 0.1) is 0 Å². The van der Waals surface area contributed by atoms with Gasteiger partial charge in [0.1, 0.15) is 11.2 Å². The second-order valence-electron chi connectivity index (χ2n) is 14.8. The summed E-state index contributed by atoms with van der Waals surface area (Å²) in [7, 11) is 0. The van der Waals surface area contributed by atoms with Gasteiger partial charge in [-0.05, 0) is 82.3 Å². The van der Waals surface area contributed by atoms with E-state index in [1.165, 1.54) is 49.6 Å². The van der Waals surface area contributed by atoms with Crippen LogP contribution in [0.5, 0.6) is 0 Å². The molecule has 1 aliphatic carbocycles. The Bertz CT molecular complexity index is 3270. The van der Waals surface area contributed by atoms with Gasteiger partial charge >= 0.3 is 0 Å². The molecule has 3 aromatic heterocycles. The normalized spacial score (nSPS) is 12.1. The lowest BCUT2D eigenvalue weighted by Crippen LogP contribution is -2.00. The van der Waals surface area contributed by atoms with Crippen molar-refractivity contribution in [3.8, 4) is 62.1 Å². The molecule has 0 amide bonds. The molecular formula is C52H32N4O. The Morgan fingerprint density at radius 1 is 0.368 bits per heavy atom. The van der Waals surface area contributed by atoms with Crippen LogP contribution < -0.4 is 0 Å². The maximum Gasteiger partial charge on any atom is 0.164 e. The quantitative estimate of drug-likeness (QED) is 0.177. The molecule has 5 heteroatoms. The van der Waals surface area contributed by atoms with Gasteiger partial charge in [0, 0.05) is 50.0 Å². The van der Waals surface area contributed by atoms with E-state index in [4.69, 9.17) is 19.4 Å². The molecule has 5 nitrogen and oxygen atoms in total. The summed E-state index contributed by atoms with van der Waals surface area (Å²) in [5.41, 5.74) is 15.6. The summed E-state index contributed by atoms with van der Waals surface area (Å²) in [5.74, 6) is 2.00. The van der Waals surface area contributed by atoms with Crippen molar-refractivity contribution in [2.24, 2.45) is 0 Å². The predicted molar refractivity (Wildman–Crippen MR) is 231 cm³/mol. The van der Waals surface area contributed by atoms with Gasteiger partial charge in [0.2, 0.25) is 0 Å². The largest absolute Gasteiger partial charge is 0.456 e. The lowest BCUT2D eigenvalue weighted by atomic mass is 9.98. The van der Waals surface area contributed by atoms with Gasteiger partial charge in [-0.2, -0.15) is 0 Å². The van der Waals surface area contributed by atoms with Gasteiger partial charge in [0.25, 0.3) is 0 Å². The Kier molecular flexibility index (Phi) is 6.92. The Morgan fingerprint density at radius 2 is 0.842 bits per heavy atom. The first kappa shape index (κ1) is 31.7. The first-order valence-corrected chi connectivity index (χ1v) is 19.3. The minimum absolute atomic E-state index is 0.665. The number of benzene rings is 8. The van der Waals surface area contributed by atoms with Crippen molar-refractivity contribution >= 4 is 43.7 Å². The molecule has 0 fully saturated rings. The van der Waals surface area contributed by atoms with Crippen molar-refractivity contribution in [1.82, 2.24) is 19.5 Å². The molecule has 0 saturated heterocycles. The van der Waals surface area contributed by atoms with Crippen molar-refractivity contribution in [3.63, 3.8) is 0 Å². The standard InChI is InChI=1S/C52H32N4O/c1-3-11-32(12-4-1)50-53-51(33-13-5-2-6-14-33)55-52(54-50)36-21-24-41-38(28-36)29-37-27-34(19-23-40(37)41)35-20-25-44-45-26-22-39(31-49(45)57-48(44)30-35)56-46-17-9-7-15-42(46)43-16-8-10-18-47(43)56/h1-28,30-31H,29H2. The van der Waals surface area contributed by atoms with E-state index < -0.39 is 0 Å². The van der Waals surface area contributed by atoms with Crippen LogP contribution in [0.2, 0.25) is 0 Å². The molecule has 57 heavy (non-hydrogen) atoms. The SMILES string of the molecule is c1ccc(-c2nc(-c3ccccc3)nc(-c3ccc4c(c3)Cc3cc(-c5ccc6c(c5)oc5cc(-n7c8ccccc8c8ccccc87)ccc56)ccc3-4)n2)cc1. The molecule has 266 valence electrons. The van der Waals surface area contributed by atoms with Crippen LogP contribution in [-0.2, 0) is 6.42 Å².